The molecule has 1 N–H and O–H groups in total. The number of urea groups is 1. The number of anilines is 1. The highest BCUT2D eigenvalue weighted by Gasteiger charge is 2.18. The van der Waals surface area contributed by atoms with E-state index >= 15 is 0 Å². The molecule has 0 fully saturated rings. The van der Waals surface area contributed by atoms with E-state index in [1.807, 2.05) is 19.9 Å². The summed E-state index contributed by atoms with van der Waals surface area (Å²) in [6.07, 6.45) is 3.39. The second-order valence-electron chi connectivity index (χ2n) is 2.82. The van der Waals surface area contributed by atoms with Crippen molar-refractivity contribution in [1.29, 1.82) is 0 Å². The Bertz CT molecular complexity index is 325. The minimum absolute atomic E-state index is 0.0736. The number of nitrogens with zero attached hydrogens (tertiary/aromatic N) is 2. The molecule has 0 spiro atoms. The zero-order valence-corrected chi connectivity index (χ0v) is 8.74. The highest BCUT2D eigenvalue weighted by Crippen LogP contribution is 2.19. The van der Waals surface area contributed by atoms with Crippen molar-refractivity contribution < 1.29 is 4.79 Å². The quantitative estimate of drug-likeness (QED) is 0.685. The number of aromatic nitrogens is 1. The lowest BCUT2D eigenvalue weighted by Crippen LogP contribution is -2.35. The summed E-state index contributed by atoms with van der Waals surface area (Å²) >= 11 is 0. The Hall–Kier alpha value is -1.58. The van der Waals surface area contributed by atoms with E-state index < -0.39 is 0 Å². The van der Waals surface area contributed by atoms with E-state index in [0.29, 0.717) is 6.54 Å². The number of nitrogens with one attached hydrogen (secondary N) is 1. The van der Waals surface area contributed by atoms with Gasteiger partial charge in [0.2, 0.25) is 0 Å². The van der Waals surface area contributed by atoms with Crippen LogP contribution in [0.4, 0.5) is 10.5 Å². The van der Waals surface area contributed by atoms with Crippen LogP contribution in [-0.4, -0.2) is 23.0 Å². The molecule has 0 aromatic carbocycles. The molecule has 1 aromatic rings. The van der Waals surface area contributed by atoms with Crippen molar-refractivity contribution in [3.63, 3.8) is 0 Å². The number of amides is 2. The zero-order valence-electron chi connectivity index (χ0n) is 8.74. The Morgan fingerprint density at radius 3 is 2.93 bits per heavy atom. The lowest BCUT2D eigenvalue weighted by atomic mass is 10.2. The fourth-order valence-electron chi connectivity index (χ4n) is 1.21. The summed E-state index contributed by atoms with van der Waals surface area (Å²) in [6.45, 7) is 4.66. The number of fused-ring (bicyclic) bond motifs is 1. The third kappa shape index (κ3) is 2.02. The van der Waals surface area contributed by atoms with Gasteiger partial charge in [0.15, 0.2) is 0 Å². The van der Waals surface area contributed by atoms with Crippen LogP contribution >= 0.6 is 0 Å². The molecular weight excluding hydrogens is 178 g/mol. The summed E-state index contributed by atoms with van der Waals surface area (Å²) in [6, 6.07) is 1.83. The molecule has 4 nitrogen and oxygen atoms in total. The van der Waals surface area contributed by atoms with Crippen LogP contribution in [-0.2, 0) is 6.54 Å². The van der Waals surface area contributed by atoms with Crippen LogP contribution in [0.2, 0.25) is 0 Å². The maximum Gasteiger partial charge on any atom is 0.321 e. The largest absolute Gasteiger partial charge is 0.323 e. The van der Waals surface area contributed by atoms with Gasteiger partial charge in [-0.25, -0.2) is 4.79 Å². The predicted octanol–water partition coefficient (Wildman–Crippen LogP) is 2.09. The number of hydrogen-bond donors (Lipinski definition) is 1. The lowest BCUT2D eigenvalue weighted by Gasteiger charge is -2.25. The summed E-state index contributed by atoms with van der Waals surface area (Å²) < 4.78 is 0. The lowest BCUT2D eigenvalue weighted by molar-refractivity contribution is 0.218. The molecule has 1 aliphatic heterocycles. The van der Waals surface area contributed by atoms with Crippen LogP contribution in [0.5, 0.6) is 0 Å². The van der Waals surface area contributed by atoms with E-state index in [2.05, 4.69) is 10.3 Å². The first-order valence-electron chi connectivity index (χ1n) is 4.72. The molecule has 1 aliphatic rings. The van der Waals surface area contributed by atoms with Gasteiger partial charge in [-0.1, -0.05) is 13.8 Å². The second kappa shape index (κ2) is 4.60. The number of pyridine rings is 1. The van der Waals surface area contributed by atoms with E-state index in [9.17, 15) is 4.79 Å². The molecular formula is C10H15N3O. The Balaban J connectivity index is 0.000000461. The molecule has 0 unspecified atom stereocenters. The molecule has 0 saturated heterocycles. The maximum absolute atomic E-state index is 11.1. The van der Waals surface area contributed by atoms with Crippen LogP contribution in [0, 0.1) is 0 Å². The third-order valence-corrected chi connectivity index (χ3v) is 1.91. The van der Waals surface area contributed by atoms with Crippen molar-refractivity contribution in [1.82, 2.24) is 9.88 Å². The van der Waals surface area contributed by atoms with Crippen LogP contribution < -0.4 is 5.32 Å². The first-order valence-corrected chi connectivity index (χ1v) is 4.72. The number of hydrogen-bond acceptors (Lipinski definition) is 2. The molecule has 0 saturated carbocycles. The molecule has 2 rings (SSSR count). The van der Waals surface area contributed by atoms with E-state index in [0.717, 1.165) is 11.3 Å². The van der Waals surface area contributed by atoms with Gasteiger partial charge < -0.3 is 10.2 Å². The average Bonchev–Trinajstić information content (AvgIpc) is 2.23. The number of carbonyl (C=O) groups is 1. The Morgan fingerprint density at radius 1 is 1.50 bits per heavy atom. The van der Waals surface area contributed by atoms with Gasteiger partial charge in [0.25, 0.3) is 0 Å². The molecule has 14 heavy (non-hydrogen) atoms. The molecule has 76 valence electrons. The van der Waals surface area contributed by atoms with Crippen molar-refractivity contribution in [3.8, 4) is 0 Å². The van der Waals surface area contributed by atoms with Gasteiger partial charge in [-0.15, -0.1) is 0 Å². The highest BCUT2D eigenvalue weighted by molar-refractivity contribution is 5.91. The molecule has 2 heterocycles. The number of rotatable bonds is 0. The molecule has 2 amide bonds. The highest BCUT2D eigenvalue weighted by atomic mass is 16.2. The van der Waals surface area contributed by atoms with Gasteiger partial charge in [0.05, 0.1) is 11.9 Å². The van der Waals surface area contributed by atoms with Crippen LogP contribution in [0.1, 0.15) is 19.4 Å². The predicted molar refractivity (Wildman–Crippen MR) is 56.1 cm³/mol. The fourth-order valence-corrected chi connectivity index (χ4v) is 1.21. The monoisotopic (exact) mass is 193 g/mol. The standard InChI is InChI=1S/C8H9N3O.C2H6/c1-11-5-6-2-3-9-4-7(6)10-8(11)12;1-2/h2-4H,5H2,1H3,(H,10,12);1-2H3. The molecule has 0 aliphatic carbocycles. The first-order chi connectivity index (χ1) is 6.77. The van der Waals surface area contributed by atoms with Crippen molar-refractivity contribution >= 4 is 11.7 Å². The van der Waals surface area contributed by atoms with Gasteiger partial charge in [-0.3, -0.25) is 4.98 Å². The Morgan fingerprint density at radius 2 is 2.21 bits per heavy atom. The normalized spacial score (nSPS) is 13.6. The zero-order chi connectivity index (χ0) is 10.6. The second-order valence-corrected chi connectivity index (χ2v) is 2.82. The van der Waals surface area contributed by atoms with E-state index in [4.69, 9.17) is 0 Å². The SMILES string of the molecule is CC.CN1Cc2ccncc2NC1=O. The maximum atomic E-state index is 11.1. The Labute approximate surface area is 83.9 Å². The van der Waals surface area contributed by atoms with Gasteiger partial charge >= 0.3 is 6.03 Å². The van der Waals surface area contributed by atoms with Crippen molar-refractivity contribution in [3.05, 3.63) is 24.0 Å². The van der Waals surface area contributed by atoms with Gasteiger partial charge in [0, 0.05) is 19.8 Å². The van der Waals surface area contributed by atoms with E-state index in [-0.39, 0.29) is 6.03 Å². The van der Waals surface area contributed by atoms with Crippen LogP contribution in [0.15, 0.2) is 18.5 Å². The van der Waals surface area contributed by atoms with Gasteiger partial charge in [-0.2, -0.15) is 0 Å². The summed E-state index contributed by atoms with van der Waals surface area (Å²) in [7, 11) is 1.76. The molecule has 0 atom stereocenters. The van der Waals surface area contributed by atoms with Gasteiger partial charge in [0.1, 0.15) is 0 Å². The van der Waals surface area contributed by atoms with Crippen molar-refractivity contribution in [2.75, 3.05) is 12.4 Å². The van der Waals surface area contributed by atoms with Crippen molar-refractivity contribution in [2.45, 2.75) is 20.4 Å². The summed E-state index contributed by atoms with van der Waals surface area (Å²) in [5.41, 5.74) is 1.92. The Kier molecular flexibility index (Phi) is 3.45. The van der Waals surface area contributed by atoms with Crippen LogP contribution in [0.25, 0.3) is 0 Å². The number of carbonyl (C=O) groups excluding carboxylic acids is 1. The molecule has 0 radical (unpaired) electrons. The minimum atomic E-state index is -0.0736. The van der Waals surface area contributed by atoms with Crippen LogP contribution in [0.3, 0.4) is 0 Å². The average molecular weight is 193 g/mol. The minimum Gasteiger partial charge on any atom is -0.323 e. The molecule has 4 heteroatoms. The summed E-state index contributed by atoms with van der Waals surface area (Å²) in [5, 5.41) is 2.73. The topological polar surface area (TPSA) is 45.2 Å². The summed E-state index contributed by atoms with van der Waals surface area (Å²) in [5.74, 6) is 0. The van der Waals surface area contributed by atoms with E-state index in [1.165, 1.54) is 0 Å². The van der Waals surface area contributed by atoms with Gasteiger partial charge in [-0.05, 0) is 11.6 Å². The van der Waals surface area contributed by atoms with E-state index in [1.54, 1.807) is 24.3 Å². The van der Waals surface area contributed by atoms with Crippen molar-refractivity contribution in [2.24, 2.45) is 0 Å². The summed E-state index contributed by atoms with van der Waals surface area (Å²) in [4.78, 5) is 16.7. The third-order valence-electron chi connectivity index (χ3n) is 1.91. The smallest absolute Gasteiger partial charge is 0.321 e. The molecule has 0 bridgehead atoms. The molecule has 1 aromatic heterocycles. The first kappa shape index (κ1) is 10.5. The fraction of sp³-hybridized carbons (Fsp3) is 0.400.